The van der Waals surface area contributed by atoms with E-state index in [-0.39, 0.29) is 16.3 Å². The van der Waals surface area contributed by atoms with Crippen molar-refractivity contribution in [1.82, 2.24) is 5.16 Å². The number of hydrogen-bond acceptors (Lipinski definition) is 9. The predicted octanol–water partition coefficient (Wildman–Crippen LogP) is 2.84. The Kier molecular flexibility index (Phi) is 5.44. The fourth-order valence-electron chi connectivity index (χ4n) is 3.46. The molecule has 1 spiro atoms. The molecule has 31 heavy (non-hydrogen) atoms. The summed E-state index contributed by atoms with van der Waals surface area (Å²) in [6, 6.07) is 7.16. The molecule has 2 fully saturated rings. The summed E-state index contributed by atoms with van der Waals surface area (Å²) in [6.45, 7) is 1.65. The number of nitrogens with one attached hydrogen (secondary N) is 2. The first-order chi connectivity index (χ1) is 14.8. The number of carbonyl (C=O) groups is 2. The largest absolute Gasteiger partial charge is 0.419 e. The Balaban J connectivity index is 1.42. The molecule has 1 aromatic carbocycles. The average molecular weight is 447 g/mol. The van der Waals surface area contributed by atoms with Crippen LogP contribution in [0.1, 0.15) is 37.9 Å². The Bertz CT molecular complexity index is 1110. The molecule has 164 valence electrons. The molecule has 4 rings (SSSR count). The molecule has 0 atom stereocenters. The van der Waals surface area contributed by atoms with Gasteiger partial charge in [-0.3, -0.25) is 4.72 Å². The standard InChI is InChI=1S/C20H21N3O7S/c1-13-11-17(22-30-13)23-31(26,27)15-7-5-14(6-8-15)21-12-16-18(24)28-20(29-19(16)25)9-3-2-4-10-20/h5-8,11-12,21H,2-4,9-10H2,1H3,(H,22,23). The molecule has 0 bridgehead atoms. The maximum atomic E-state index is 12.4. The molecule has 1 aromatic heterocycles. The fourth-order valence-corrected chi connectivity index (χ4v) is 4.45. The number of carbonyl (C=O) groups excluding carboxylic acids is 2. The van der Waals surface area contributed by atoms with Crippen molar-refractivity contribution >= 4 is 33.5 Å². The number of ether oxygens (including phenoxy) is 2. The molecule has 2 aromatic rings. The summed E-state index contributed by atoms with van der Waals surface area (Å²) >= 11 is 0. The van der Waals surface area contributed by atoms with Gasteiger partial charge in [-0.05, 0) is 44.0 Å². The summed E-state index contributed by atoms with van der Waals surface area (Å²) in [5, 5.41) is 6.39. The van der Waals surface area contributed by atoms with Crippen molar-refractivity contribution in [3.05, 3.63) is 47.9 Å². The van der Waals surface area contributed by atoms with Crippen LogP contribution in [0.3, 0.4) is 0 Å². The van der Waals surface area contributed by atoms with Crippen LogP contribution < -0.4 is 10.0 Å². The zero-order chi connectivity index (χ0) is 22.1. The Morgan fingerprint density at radius 3 is 2.26 bits per heavy atom. The molecule has 11 heteroatoms. The number of benzene rings is 1. The lowest BCUT2D eigenvalue weighted by Gasteiger charge is -2.38. The van der Waals surface area contributed by atoms with Crippen LogP contribution in [-0.4, -0.2) is 31.3 Å². The first kappa shape index (κ1) is 20.9. The topological polar surface area (TPSA) is 137 Å². The number of hydrogen-bond donors (Lipinski definition) is 2. The molecule has 1 aliphatic carbocycles. The first-order valence-corrected chi connectivity index (χ1v) is 11.2. The van der Waals surface area contributed by atoms with E-state index in [1.165, 1.54) is 36.5 Å². The third kappa shape index (κ3) is 4.55. The molecule has 0 unspecified atom stereocenters. The van der Waals surface area contributed by atoms with Gasteiger partial charge in [-0.15, -0.1) is 0 Å². The SMILES string of the molecule is Cc1cc(NS(=O)(=O)c2ccc(NC=C3C(=O)OC4(CCCCC4)OC3=O)cc2)no1. The van der Waals surface area contributed by atoms with Gasteiger partial charge in [0, 0.05) is 30.8 Å². The third-order valence-electron chi connectivity index (χ3n) is 5.03. The van der Waals surface area contributed by atoms with Crippen LogP contribution in [0, 0.1) is 6.92 Å². The Hall–Kier alpha value is -3.34. The molecule has 0 radical (unpaired) electrons. The van der Waals surface area contributed by atoms with Crippen LogP contribution in [0.4, 0.5) is 11.5 Å². The lowest BCUT2D eigenvalue weighted by molar-refractivity contribution is -0.244. The lowest BCUT2D eigenvalue weighted by atomic mass is 9.93. The number of nitrogens with zero attached hydrogens (tertiary/aromatic N) is 1. The predicted molar refractivity (Wildman–Crippen MR) is 108 cm³/mol. The highest BCUT2D eigenvalue weighted by atomic mass is 32.2. The van der Waals surface area contributed by atoms with Gasteiger partial charge >= 0.3 is 11.9 Å². The van der Waals surface area contributed by atoms with E-state index in [1.807, 2.05) is 0 Å². The van der Waals surface area contributed by atoms with Gasteiger partial charge in [0.1, 0.15) is 5.76 Å². The highest BCUT2D eigenvalue weighted by Crippen LogP contribution is 2.37. The van der Waals surface area contributed by atoms with Gasteiger partial charge in [0.15, 0.2) is 11.4 Å². The van der Waals surface area contributed by atoms with Crippen LogP contribution in [-0.2, 0) is 29.1 Å². The van der Waals surface area contributed by atoms with E-state index >= 15 is 0 Å². The van der Waals surface area contributed by atoms with E-state index < -0.39 is 27.7 Å². The van der Waals surface area contributed by atoms with E-state index in [0.29, 0.717) is 24.3 Å². The van der Waals surface area contributed by atoms with Gasteiger partial charge in [-0.1, -0.05) is 11.6 Å². The van der Waals surface area contributed by atoms with Crippen LogP contribution in [0.5, 0.6) is 0 Å². The smallest absolute Gasteiger partial charge is 0.350 e. The minimum absolute atomic E-state index is 0.00193. The molecule has 1 saturated heterocycles. The number of esters is 2. The van der Waals surface area contributed by atoms with Crippen LogP contribution in [0.15, 0.2) is 51.5 Å². The number of sulfonamides is 1. The minimum Gasteiger partial charge on any atom is -0.419 e. The normalized spacial score (nSPS) is 18.3. The maximum absolute atomic E-state index is 12.4. The van der Waals surface area contributed by atoms with Crippen LogP contribution in [0.2, 0.25) is 0 Å². The van der Waals surface area contributed by atoms with Crippen LogP contribution >= 0.6 is 0 Å². The Morgan fingerprint density at radius 1 is 1.03 bits per heavy atom. The number of aromatic nitrogens is 1. The van der Waals surface area contributed by atoms with Crippen molar-refractivity contribution in [1.29, 1.82) is 0 Å². The minimum atomic E-state index is -3.85. The monoisotopic (exact) mass is 447 g/mol. The van der Waals surface area contributed by atoms with E-state index in [9.17, 15) is 18.0 Å². The second-order valence-electron chi connectivity index (χ2n) is 7.41. The summed E-state index contributed by atoms with van der Waals surface area (Å²) in [4.78, 5) is 24.7. The first-order valence-electron chi connectivity index (χ1n) is 9.76. The summed E-state index contributed by atoms with van der Waals surface area (Å²) < 4.78 is 42.8. The number of aryl methyl sites for hydroxylation is 1. The molecule has 10 nitrogen and oxygen atoms in total. The third-order valence-corrected chi connectivity index (χ3v) is 6.40. The summed E-state index contributed by atoms with van der Waals surface area (Å²) in [6.07, 6.45) is 4.88. The summed E-state index contributed by atoms with van der Waals surface area (Å²) in [5.74, 6) is -2.07. The van der Waals surface area contributed by atoms with Gasteiger partial charge in [0.05, 0.1) is 4.90 Å². The molecule has 1 saturated carbocycles. The average Bonchev–Trinajstić information content (AvgIpc) is 3.12. The van der Waals surface area contributed by atoms with Gasteiger partial charge in [-0.25, -0.2) is 18.0 Å². The van der Waals surface area contributed by atoms with E-state index in [1.54, 1.807) is 6.92 Å². The second kappa shape index (κ2) is 8.06. The Labute approximate surface area is 178 Å². The molecule has 0 amide bonds. The van der Waals surface area contributed by atoms with Crippen molar-refractivity contribution in [2.75, 3.05) is 10.0 Å². The summed E-state index contributed by atoms with van der Waals surface area (Å²) in [5.41, 5.74) is 0.207. The van der Waals surface area contributed by atoms with Crippen molar-refractivity contribution < 1.29 is 32.0 Å². The van der Waals surface area contributed by atoms with E-state index in [4.69, 9.17) is 14.0 Å². The zero-order valence-electron chi connectivity index (χ0n) is 16.7. The van der Waals surface area contributed by atoms with Gasteiger partial charge in [0.2, 0.25) is 0 Å². The van der Waals surface area contributed by atoms with Gasteiger partial charge in [-0.2, -0.15) is 0 Å². The van der Waals surface area contributed by atoms with Crippen molar-refractivity contribution in [3.63, 3.8) is 0 Å². The van der Waals surface area contributed by atoms with Gasteiger partial charge < -0.3 is 19.3 Å². The van der Waals surface area contributed by atoms with Gasteiger partial charge in [0.25, 0.3) is 15.8 Å². The number of anilines is 2. The van der Waals surface area contributed by atoms with Crippen molar-refractivity contribution in [2.45, 2.75) is 49.7 Å². The molecule has 2 heterocycles. The van der Waals surface area contributed by atoms with Crippen molar-refractivity contribution in [3.8, 4) is 0 Å². The number of rotatable bonds is 5. The fraction of sp³-hybridized carbons (Fsp3) is 0.350. The molecule has 1 aliphatic heterocycles. The van der Waals surface area contributed by atoms with Crippen molar-refractivity contribution in [2.24, 2.45) is 0 Å². The Morgan fingerprint density at radius 2 is 1.68 bits per heavy atom. The highest BCUT2D eigenvalue weighted by molar-refractivity contribution is 7.92. The second-order valence-corrected chi connectivity index (χ2v) is 9.09. The van der Waals surface area contributed by atoms with E-state index in [0.717, 1.165) is 19.3 Å². The van der Waals surface area contributed by atoms with E-state index in [2.05, 4.69) is 15.2 Å². The van der Waals surface area contributed by atoms with Crippen LogP contribution in [0.25, 0.3) is 0 Å². The lowest BCUT2D eigenvalue weighted by Crippen LogP contribution is -2.47. The zero-order valence-corrected chi connectivity index (χ0v) is 17.5. The summed E-state index contributed by atoms with van der Waals surface area (Å²) in [7, 11) is -3.85. The maximum Gasteiger partial charge on any atom is 0.350 e. The molecule has 2 N–H and O–H groups in total. The molecule has 2 aliphatic rings. The highest BCUT2D eigenvalue weighted by Gasteiger charge is 2.46. The molecular formula is C20H21N3O7S. The molecular weight excluding hydrogens is 426 g/mol. The quantitative estimate of drug-likeness (QED) is 0.403.